The first kappa shape index (κ1) is 21.5. The van der Waals surface area contributed by atoms with Crippen molar-refractivity contribution in [2.75, 3.05) is 6.61 Å². The number of rotatable bonds is 7. The molecule has 0 aliphatic heterocycles. The van der Waals surface area contributed by atoms with E-state index in [4.69, 9.17) is 9.15 Å². The summed E-state index contributed by atoms with van der Waals surface area (Å²) in [4.78, 5) is 16.2. The zero-order valence-corrected chi connectivity index (χ0v) is 17.9. The number of furan rings is 1. The Balaban J connectivity index is 1.48. The third-order valence-electron chi connectivity index (χ3n) is 4.73. The van der Waals surface area contributed by atoms with Crippen LogP contribution in [0.4, 0.5) is 4.39 Å². The molecule has 0 radical (unpaired) electrons. The molecule has 2 heterocycles. The molecule has 0 aliphatic carbocycles. The van der Waals surface area contributed by atoms with Crippen molar-refractivity contribution in [3.05, 3.63) is 84.1 Å². The SMILES string of the molecule is CCOc1cc(F)ccc1S(=O)(=O)c1ccc(CNC(=O)c2cc3ccncc3o2)cc1. The molecule has 0 atom stereocenters. The molecule has 0 saturated carbocycles. The van der Waals surface area contributed by atoms with Crippen molar-refractivity contribution >= 4 is 26.7 Å². The van der Waals surface area contributed by atoms with E-state index in [2.05, 4.69) is 10.3 Å². The number of hydrogen-bond donors (Lipinski definition) is 1. The molecule has 4 aromatic rings. The second-order valence-corrected chi connectivity index (χ2v) is 8.80. The minimum atomic E-state index is -3.91. The van der Waals surface area contributed by atoms with Gasteiger partial charge in [0.2, 0.25) is 9.84 Å². The molecule has 1 amide bonds. The van der Waals surface area contributed by atoms with Gasteiger partial charge in [-0.1, -0.05) is 12.1 Å². The molecule has 4 rings (SSSR count). The summed E-state index contributed by atoms with van der Waals surface area (Å²) in [5, 5.41) is 3.50. The van der Waals surface area contributed by atoms with Crippen LogP contribution in [0.25, 0.3) is 11.0 Å². The molecule has 32 heavy (non-hydrogen) atoms. The molecule has 0 saturated heterocycles. The van der Waals surface area contributed by atoms with Crippen molar-refractivity contribution in [1.82, 2.24) is 10.3 Å². The third-order valence-corrected chi connectivity index (χ3v) is 6.54. The van der Waals surface area contributed by atoms with Crippen LogP contribution in [-0.2, 0) is 16.4 Å². The number of pyridine rings is 1. The van der Waals surface area contributed by atoms with Gasteiger partial charge in [-0.05, 0) is 48.9 Å². The number of sulfone groups is 1. The molecule has 1 N–H and O–H groups in total. The van der Waals surface area contributed by atoms with Gasteiger partial charge < -0.3 is 14.5 Å². The summed E-state index contributed by atoms with van der Waals surface area (Å²) in [6, 6.07) is 12.7. The Hall–Kier alpha value is -3.72. The highest BCUT2D eigenvalue weighted by molar-refractivity contribution is 7.91. The molecule has 0 unspecified atom stereocenters. The molecule has 0 fully saturated rings. The van der Waals surface area contributed by atoms with Crippen molar-refractivity contribution in [2.24, 2.45) is 0 Å². The summed E-state index contributed by atoms with van der Waals surface area (Å²) >= 11 is 0. The Bertz CT molecular complexity index is 1350. The highest BCUT2D eigenvalue weighted by atomic mass is 32.2. The topological polar surface area (TPSA) is 98.5 Å². The largest absolute Gasteiger partial charge is 0.492 e. The fourth-order valence-corrected chi connectivity index (χ4v) is 4.53. The highest BCUT2D eigenvalue weighted by Gasteiger charge is 2.23. The fraction of sp³-hybridized carbons (Fsp3) is 0.130. The van der Waals surface area contributed by atoms with Crippen LogP contribution in [-0.4, -0.2) is 25.9 Å². The van der Waals surface area contributed by atoms with Gasteiger partial charge in [0.15, 0.2) is 11.3 Å². The lowest BCUT2D eigenvalue weighted by atomic mass is 10.2. The molecule has 0 spiro atoms. The maximum Gasteiger partial charge on any atom is 0.287 e. The number of carbonyl (C=O) groups excluding carboxylic acids is 1. The summed E-state index contributed by atoms with van der Waals surface area (Å²) in [5.41, 5.74) is 1.21. The molecule has 164 valence electrons. The van der Waals surface area contributed by atoms with E-state index >= 15 is 0 Å². The van der Waals surface area contributed by atoms with Crippen molar-refractivity contribution in [3.63, 3.8) is 0 Å². The zero-order chi connectivity index (χ0) is 22.7. The molecule has 9 heteroatoms. The molecule has 0 aliphatic rings. The zero-order valence-electron chi connectivity index (χ0n) is 17.0. The lowest BCUT2D eigenvalue weighted by Gasteiger charge is -2.12. The molecule has 2 aromatic heterocycles. The van der Waals surface area contributed by atoms with Crippen LogP contribution in [0.1, 0.15) is 23.0 Å². The Morgan fingerprint density at radius 3 is 2.62 bits per heavy atom. The summed E-state index contributed by atoms with van der Waals surface area (Å²) in [6.07, 6.45) is 3.14. The monoisotopic (exact) mass is 454 g/mol. The smallest absolute Gasteiger partial charge is 0.287 e. The number of ether oxygens (including phenoxy) is 1. The van der Waals surface area contributed by atoms with Crippen LogP contribution in [0.5, 0.6) is 5.75 Å². The number of nitrogens with zero attached hydrogens (tertiary/aromatic N) is 1. The normalized spacial score (nSPS) is 11.4. The van der Waals surface area contributed by atoms with E-state index in [0.29, 0.717) is 11.1 Å². The van der Waals surface area contributed by atoms with Crippen LogP contribution in [0.2, 0.25) is 0 Å². The van der Waals surface area contributed by atoms with Gasteiger partial charge in [-0.2, -0.15) is 0 Å². The maximum atomic E-state index is 13.5. The molecular weight excluding hydrogens is 435 g/mol. The third kappa shape index (κ3) is 4.33. The summed E-state index contributed by atoms with van der Waals surface area (Å²) < 4.78 is 50.3. The van der Waals surface area contributed by atoms with Crippen LogP contribution >= 0.6 is 0 Å². The average Bonchev–Trinajstić information content (AvgIpc) is 3.22. The summed E-state index contributed by atoms with van der Waals surface area (Å²) in [6.45, 7) is 2.06. The van der Waals surface area contributed by atoms with E-state index < -0.39 is 21.6 Å². The number of nitrogens with one attached hydrogen (secondary N) is 1. The standard InChI is InChI=1S/C23H19FN2O5S/c1-2-30-19-12-17(24)5-8-22(19)32(28,29)18-6-3-15(4-7-18)13-26-23(27)20-11-16-9-10-25-14-21(16)31-20/h3-12,14H,2,13H2,1H3,(H,26,27). The van der Waals surface area contributed by atoms with E-state index in [1.54, 1.807) is 37.4 Å². The molecule has 2 aromatic carbocycles. The second-order valence-electron chi connectivity index (χ2n) is 6.88. The van der Waals surface area contributed by atoms with E-state index in [9.17, 15) is 17.6 Å². The van der Waals surface area contributed by atoms with Crippen molar-refractivity contribution < 1.29 is 26.8 Å². The van der Waals surface area contributed by atoms with E-state index in [0.717, 1.165) is 17.5 Å². The summed E-state index contributed by atoms with van der Waals surface area (Å²) in [7, 11) is -3.91. The van der Waals surface area contributed by atoms with Gasteiger partial charge >= 0.3 is 0 Å². The molecule has 7 nitrogen and oxygen atoms in total. The molecular formula is C23H19FN2O5S. The van der Waals surface area contributed by atoms with Crippen molar-refractivity contribution in [1.29, 1.82) is 0 Å². The van der Waals surface area contributed by atoms with E-state index in [1.807, 2.05) is 0 Å². The van der Waals surface area contributed by atoms with Crippen LogP contribution in [0.15, 0.2) is 81.2 Å². The molecule has 0 bridgehead atoms. The maximum absolute atomic E-state index is 13.5. The van der Waals surface area contributed by atoms with E-state index in [-0.39, 0.29) is 34.5 Å². The first-order valence-corrected chi connectivity index (χ1v) is 11.2. The Morgan fingerprint density at radius 2 is 1.91 bits per heavy atom. The second kappa shape index (κ2) is 8.80. The first-order valence-electron chi connectivity index (χ1n) is 9.76. The first-order chi connectivity index (χ1) is 15.4. The van der Waals surface area contributed by atoms with Gasteiger partial charge in [-0.15, -0.1) is 0 Å². The minimum absolute atomic E-state index is 0.0323. The predicted octanol–water partition coefficient (Wildman–Crippen LogP) is 4.13. The number of halogens is 1. The minimum Gasteiger partial charge on any atom is -0.492 e. The van der Waals surface area contributed by atoms with Gasteiger partial charge in [0.1, 0.15) is 16.5 Å². The Kier molecular flexibility index (Phi) is 5.91. The fourth-order valence-electron chi connectivity index (χ4n) is 3.15. The van der Waals surface area contributed by atoms with Gasteiger partial charge in [-0.3, -0.25) is 9.78 Å². The Morgan fingerprint density at radius 1 is 1.12 bits per heavy atom. The Labute approximate surface area is 183 Å². The van der Waals surface area contributed by atoms with Crippen molar-refractivity contribution in [3.8, 4) is 5.75 Å². The quantitative estimate of drug-likeness (QED) is 0.422. The van der Waals surface area contributed by atoms with Crippen LogP contribution in [0, 0.1) is 5.82 Å². The van der Waals surface area contributed by atoms with Gasteiger partial charge in [-0.25, -0.2) is 12.8 Å². The highest BCUT2D eigenvalue weighted by Crippen LogP contribution is 2.30. The lowest BCUT2D eigenvalue weighted by Crippen LogP contribution is -2.22. The van der Waals surface area contributed by atoms with Gasteiger partial charge in [0, 0.05) is 24.2 Å². The van der Waals surface area contributed by atoms with Crippen molar-refractivity contribution in [2.45, 2.75) is 23.3 Å². The number of benzene rings is 2. The van der Waals surface area contributed by atoms with Crippen LogP contribution in [0.3, 0.4) is 0 Å². The van der Waals surface area contributed by atoms with Gasteiger partial charge in [0.25, 0.3) is 5.91 Å². The van der Waals surface area contributed by atoms with Crippen LogP contribution < -0.4 is 10.1 Å². The number of amides is 1. The predicted molar refractivity (Wildman–Crippen MR) is 115 cm³/mol. The lowest BCUT2D eigenvalue weighted by molar-refractivity contribution is 0.0925. The average molecular weight is 454 g/mol. The summed E-state index contributed by atoms with van der Waals surface area (Å²) in [5.74, 6) is -0.860. The van der Waals surface area contributed by atoms with E-state index in [1.165, 1.54) is 24.4 Å². The number of fused-ring (bicyclic) bond motifs is 1. The number of hydrogen-bond acceptors (Lipinski definition) is 6. The number of carbonyl (C=O) groups is 1. The number of aromatic nitrogens is 1. The van der Waals surface area contributed by atoms with Gasteiger partial charge in [0.05, 0.1) is 17.7 Å².